The molecule has 1 aromatic rings. The number of nitrogens with zero attached hydrogens (tertiary/aromatic N) is 5. The normalized spacial score (nSPS) is 17.5. The lowest BCUT2D eigenvalue weighted by atomic mass is 9.97. The van der Waals surface area contributed by atoms with E-state index < -0.39 is 5.60 Å². The molecule has 0 N–H and O–H groups in total. The standard InChI is InChI=1S/C12H21N5O2/c1-12(2,3)19-11(18)16-6-4-10(5-7-16)8-17-9-13-14-15-17/h9-10H,4-8H2,1-3H3. The predicted molar refractivity (Wildman–Crippen MR) is 68.3 cm³/mol. The summed E-state index contributed by atoms with van der Waals surface area (Å²) in [6.07, 6.45) is 3.33. The van der Waals surface area contributed by atoms with Gasteiger partial charge in [-0.25, -0.2) is 9.48 Å². The number of carbonyl (C=O) groups is 1. The van der Waals surface area contributed by atoms with Gasteiger partial charge in [-0.1, -0.05) is 0 Å². The predicted octanol–water partition coefficient (Wildman–Crippen LogP) is 1.32. The van der Waals surface area contributed by atoms with Gasteiger partial charge in [0.2, 0.25) is 0 Å². The van der Waals surface area contributed by atoms with Crippen molar-refractivity contribution < 1.29 is 9.53 Å². The molecule has 0 spiro atoms. The van der Waals surface area contributed by atoms with Crippen molar-refractivity contribution in [3.8, 4) is 0 Å². The summed E-state index contributed by atoms with van der Waals surface area (Å²) in [5, 5.41) is 11.1. The fraction of sp³-hybridized carbons (Fsp3) is 0.833. The Kier molecular flexibility index (Phi) is 4.01. The summed E-state index contributed by atoms with van der Waals surface area (Å²) in [4.78, 5) is 13.7. The van der Waals surface area contributed by atoms with Crippen LogP contribution in [0.25, 0.3) is 0 Å². The molecule has 7 heteroatoms. The fourth-order valence-corrected chi connectivity index (χ4v) is 2.15. The van der Waals surface area contributed by atoms with Crippen molar-refractivity contribution in [1.29, 1.82) is 0 Å². The van der Waals surface area contributed by atoms with E-state index in [0.717, 1.165) is 32.5 Å². The molecule has 0 saturated carbocycles. The monoisotopic (exact) mass is 267 g/mol. The van der Waals surface area contributed by atoms with Crippen molar-refractivity contribution >= 4 is 6.09 Å². The lowest BCUT2D eigenvalue weighted by Gasteiger charge is -2.33. The van der Waals surface area contributed by atoms with Crippen molar-refractivity contribution in [3.05, 3.63) is 6.33 Å². The highest BCUT2D eigenvalue weighted by atomic mass is 16.6. The zero-order valence-electron chi connectivity index (χ0n) is 11.7. The summed E-state index contributed by atoms with van der Waals surface area (Å²) < 4.78 is 7.11. The molecule has 0 atom stereocenters. The Morgan fingerprint density at radius 1 is 1.37 bits per heavy atom. The zero-order chi connectivity index (χ0) is 13.9. The molecule has 0 radical (unpaired) electrons. The number of likely N-dealkylation sites (tertiary alicyclic amines) is 1. The highest BCUT2D eigenvalue weighted by molar-refractivity contribution is 5.68. The number of rotatable bonds is 2. The second kappa shape index (κ2) is 5.54. The molecule has 1 amide bonds. The number of aromatic nitrogens is 4. The first-order valence-corrected chi connectivity index (χ1v) is 6.63. The van der Waals surface area contributed by atoms with Crippen LogP contribution in [0.2, 0.25) is 0 Å². The number of carbonyl (C=O) groups excluding carboxylic acids is 1. The largest absolute Gasteiger partial charge is 0.444 e. The summed E-state index contributed by atoms with van der Waals surface area (Å²) in [5.41, 5.74) is -0.430. The molecule has 0 unspecified atom stereocenters. The fourth-order valence-electron chi connectivity index (χ4n) is 2.15. The number of amides is 1. The summed E-state index contributed by atoms with van der Waals surface area (Å²) >= 11 is 0. The van der Waals surface area contributed by atoms with Gasteiger partial charge >= 0.3 is 6.09 Å². The van der Waals surface area contributed by atoms with Gasteiger partial charge in [-0.15, -0.1) is 5.10 Å². The van der Waals surface area contributed by atoms with Gasteiger partial charge in [0.1, 0.15) is 11.9 Å². The van der Waals surface area contributed by atoms with E-state index in [2.05, 4.69) is 15.5 Å². The Bertz CT molecular complexity index is 404. The Morgan fingerprint density at radius 2 is 2.05 bits per heavy atom. The minimum Gasteiger partial charge on any atom is -0.444 e. The van der Waals surface area contributed by atoms with E-state index in [-0.39, 0.29) is 6.09 Å². The third kappa shape index (κ3) is 4.18. The Balaban J connectivity index is 1.77. The summed E-state index contributed by atoms with van der Waals surface area (Å²) in [7, 11) is 0. The molecule has 0 aliphatic carbocycles. The van der Waals surface area contributed by atoms with Crippen LogP contribution in [0.3, 0.4) is 0 Å². The second-order valence-corrected chi connectivity index (χ2v) is 5.94. The van der Waals surface area contributed by atoms with Gasteiger partial charge in [0.25, 0.3) is 0 Å². The number of tetrazole rings is 1. The van der Waals surface area contributed by atoms with Crippen molar-refractivity contribution in [1.82, 2.24) is 25.1 Å². The van der Waals surface area contributed by atoms with Gasteiger partial charge < -0.3 is 9.64 Å². The maximum atomic E-state index is 11.9. The minimum atomic E-state index is -0.430. The molecule has 1 saturated heterocycles. The molecule has 7 nitrogen and oxygen atoms in total. The molecule has 2 rings (SSSR count). The van der Waals surface area contributed by atoms with E-state index in [0.29, 0.717) is 5.92 Å². The molecule has 1 aromatic heterocycles. The molecule has 0 bridgehead atoms. The lowest BCUT2D eigenvalue weighted by molar-refractivity contribution is 0.0177. The first-order valence-electron chi connectivity index (χ1n) is 6.63. The summed E-state index contributed by atoms with van der Waals surface area (Å²) in [6.45, 7) is 7.94. The molecular weight excluding hydrogens is 246 g/mol. The van der Waals surface area contributed by atoms with Crippen LogP contribution >= 0.6 is 0 Å². The summed E-state index contributed by atoms with van der Waals surface area (Å²) in [6, 6.07) is 0. The maximum Gasteiger partial charge on any atom is 0.410 e. The van der Waals surface area contributed by atoms with Crippen LogP contribution in [0, 0.1) is 5.92 Å². The molecule has 0 aromatic carbocycles. The van der Waals surface area contributed by atoms with Gasteiger partial charge in [0.05, 0.1) is 0 Å². The van der Waals surface area contributed by atoms with Crippen molar-refractivity contribution in [2.45, 2.75) is 45.8 Å². The van der Waals surface area contributed by atoms with Crippen LogP contribution in [0.4, 0.5) is 4.79 Å². The van der Waals surface area contributed by atoms with Crippen molar-refractivity contribution in [2.75, 3.05) is 13.1 Å². The summed E-state index contributed by atoms with van der Waals surface area (Å²) in [5.74, 6) is 0.516. The first kappa shape index (κ1) is 13.8. The number of hydrogen-bond donors (Lipinski definition) is 0. The maximum absolute atomic E-state index is 11.9. The Morgan fingerprint density at radius 3 is 2.58 bits per heavy atom. The third-order valence-corrected chi connectivity index (χ3v) is 3.10. The van der Waals surface area contributed by atoms with Gasteiger partial charge in [-0.3, -0.25) is 0 Å². The Hall–Kier alpha value is -1.66. The van der Waals surface area contributed by atoms with E-state index in [1.54, 1.807) is 15.9 Å². The molecule has 1 aliphatic heterocycles. The lowest BCUT2D eigenvalue weighted by Crippen LogP contribution is -2.42. The molecule has 1 aliphatic rings. The number of ether oxygens (including phenoxy) is 1. The molecule has 2 heterocycles. The van der Waals surface area contributed by atoms with Crippen molar-refractivity contribution in [2.24, 2.45) is 5.92 Å². The van der Waals surface area contributed by atoms with E-state index in [4.69, 9.17) is 4.74 Å². The highest BCUT2D eigenvalue weighted by Gasteiger charge is 2.27. The zero-order valence-corrected chi connectivity index (χ0v) is 11.7. The number of piperidine rings is 1. The molecule has 19 heavy (non-hydrogen) atoms. The smallest absolute Gasteiger partial charge is 0.410 e. The van der Waals surface area contributed by atoms with E-state index in [9.17, 15) is 4.79 Å². The SMILES string of the molecule is CC(C)(C)OC(=O)N1CCC(Cn2cnnn2)CC1. The second-order valence-electron chi connectivity index (χ2n) is 5.94. The Labute approximate surface area is 112 Å². The van der Waals surface area contributed by atoms with Crippen LogP contribution in [-0.4, -0.2) is 49.9 Å². The highest BCUT2D eigenvalue weighted by Crippen LogP contribution is 2.20. The van der Waals surface area contributed by atoms with E-state index in [1.807, 2.05) is 20.8 Å². The minimum absolute atomic E-state index is 0.214. The average molecular weight is 267 g/mol. The quantitative estimate of drug-likeness (QED) is 0.808. The first-order chi connectivity index (χ1) is 8.94. The van der Waals surface area contributed by atoms with Gasteiger partial charge in [0.15, 0.2) is 0 Å². The van der Waals surface area contributed by atoms with Gasteiger partial charge in [0, 0.05) is 19.6 Å². The third-order valence-electron chi connectivity index (χ3n) is 3.10. The molecule has 1 fully saturated rings. The van der Waals surface area contributed by atoms with E-state index >= 15 is 0 Å². The average Bonchev–Trinajstić information content (AvgIpc) is 2.80. The molecular formula is C12H21N5O2. The topological polar surface area (TPSA) is 73.1 Å². The van der Waals surface area contributed by atoms with Crippen LogP contribution in [0.5, 0.6) is 0 Å². The number of hydrogen-bond acceptors (Lipinski definition) is 5. The van der Waals surface area contributed by atoms with Gasteiger partial charge in [-0.2, -0.15) is 0 Å². The van der Waals surface area contributed by atoms with Gasteiger partial charge in [-0.05, 0) is 50.0 Å². The van der Waals surface area contributed by atoms with Crippen LogP contribution in [0.1, 0.15) is 33.6 Å². The molecule has 106 valence electrons. The van der Waals surface area contributed by atoms with Crippen molar-refractivity contribution in [3.63, 3.8) is 0 Å². The van der Waals surface area contributed by atoms with Crippen LogP contribution in [-0.2, 0) is 11.3 Å². The van der Waals surface area contributed by atoms with Crippen LogP contribution in [0.15, 0.2) is 6.33 Å². The van der Waals surface area contributed by atoms with E-state index in [1.165, 1.54) is 0 Å². The van der Waals surface area contributed by atoms with Crippen LogP contribution < -0.4 is 0 Å².